The molecule has 200 valence electrons. The highest BCUT2D eigenvalue weighted by Gasteiger charge is 2.43. The molecule has 1 aromatic heterocycles. The zero-order chi connectivity index (χ0) is 26.9. The van der Waals surface area contributed by atoms with E-state index in [9.17, 15) is 26.8 Å². The van der Waals surface area contributed by atoms with Gasteiger partial charge in [0, 0.05) is 54.3 Å². The lowest BCUT2D eigenvalue weighted by molar-refractivity contribution is 0.0759. The maximum Gasteiger partial charge on any atom is 0.410 e. The number of nitrogens with zero attached hydrogens (tertiary/aromatic N) is 4. The summed E-state index contributed by atoms with van der Waals surface area (Å²) in [7, 11) is -3.57. The fourth-order valence-corrected chi connectivity index (χ4v) is 6.85. The number of carbonyl (C=O) groups excluding carboxylic acids is 2. The summed E-state index contributed by atoms with van der Waals surface area (Å²) in [5, 5.41) is 0.912. The van der Waals surface area contributed by atoms with Crippen molar-refractivity contribution in [2.45, 2.75) is 6.61 Å². The molecular weight excluding hydrogens is 567 g/mol. The molecule has 2 aliphatic heterocycles. The largest absolute Gasteiger partial charge is 0.445 e. The van der Waals surface area contributed by atoms with Gasteiger partial charge < -0.3 is 14.5 Å². The Labute approximate surface area is 226 Å². The summed E-state index contributed by atoms with van der Waals surface area (Å²) in [5.41, 5.74) is 0.906. The predicted molar refractivity (Wildman–Crippen MR) is 138 cm³/mol. The van der Waals surface area contributed by atoms with Crippen molar-refractivity contribution in [3.05, 3.63) is 57.8 Å². The molecule has 1 aromatic carbocycles. The molecule has 0 aliphatic carbocycles. The molecule has 3 heterocycles. The van der Waals surface area contributed by atoms with Crippen LogP contribution >= 0.6 is 23.2 Å². The standard InChI is InChI=1S/C22H24Cl2N4O7S2/c1-37(33,34)13-28(36(31)32)19-2-3-20(25-7-19)21(29)26-8-15-10-27(11-16(15)9-26)22(30)35-12-14-4-17(23)6-18(24)5-14/h2-7,15-16H,8-13H2,1H3,(H,31,32)/t15-,16+. The van der Waals surface area contributed by atoms with E-state index in [1.54, 1.807) is 28.0 Å². The van der Waals surface area contributed by atoms with E-state index in [-0.39, 0.29) is 35.7 Å². The van der Waals surface area contributed by atoms with E-state index in [4.69, 9.17) is 27.9 Å². The number of pyridine rings is 1. The van der Waals surface area contributed by atoms with Gasteiger partial charge in [-0.1, -0.05) is 23.2 Å². The van der Waals surface area contributed by atoms with Gasteiger partial charge in [-0.15, -0.1) is 0 Å². The molecule has 11 nitrogen and oxygen atoms in total. The van der Waals surface area contributed by atoms with Crippen LogP contribution in [0.15, 0.2) is 36.5 Å². The van der Waals surface area contributed by atoms with E-state index in [2.05, 4.69) is 4.98 Å². The van der Waals surface area contributed by atoms with Crippen LogP contribution in [0.3, 0.4) is 0 Å². The van der Waals surface area contributed by atoms with E-state index in [1.807, 2.05) is 0 Å². The predicted octanol–water partition coefficient (Wildman–Crippen LogP) is 2.67. The molecule has 0 radical (unpaired) electrons. The number of rotatable bonds is 7. The molecule has 2 aromatic rings. The first-order valence-electron chi connectivity index (χ1n) is 11.1. The summed E-state index contributed by atoms with van der Waals surface area (Å²) >= 11 is 9.38. The van der Waals surface area contributed by atoms with Gasteiger partial charge >= 0.3 is 6.09 Å². The summed E-state index contributed by atoms with van der Waals surface area (Å²) < 4.78 is 50.2. The minimum atomic E-state index is -3.57. The van der Waals surface area contributed by atoms with Crippen LogP contribution in [0.2, 0.25) is 10.0 Å². The highest BCUT2D eigenvalue weighted by atomic mass is 35.5. The zero-order valence-corrected chi connectivity index (χ0v) is 22.8. The fraction of sp³-hybridized carbons (Fsp3) is 0.409. The minimum absolute atomic E-state index is 0.0444. The maximum atomic E-state index is 13.0. The highest BCUT2D eigenvalue weighted by molar-refractivity contribution is 7.92. The molecule has 2 amide bonds. The lowest BCUT2D eigenvalue weighted by atomic mass is 10.0. The van der Waals surface area contributed by atoms with E-state index < -0.39 is 33.1 Å². The van der Waals surface area contributed by atoms with Crippen molar-refractivity contribution in [1.29, 1.82) is 0 Å². The summed E-state index contributed by atoms with van der Waals surface area (Å²) in [5.74, 6) is -0.795. The number of ether oxygens (including phenoxy) is 1. The summed E-state index contributed by atoms with van der Waals surface area (Å²) in [6.07, 6.45) is 1.69. The Hall–Kier alpha value is -2.45. The van der Waals surface area contributed by atoms with E-state index in [1.165, 1.54) is 18.3 Å². The SMILES string of the molecule is CS(=O)(=O)CN(c1ccc(C(=O)N2C[C@H]3CN(C(=O)OCc4cc(Cl)cc(Cl)c4)C[C@H]3C2)nc1)S(=O)O. The van der Waals surface area contributed by atoms with Crippen molar-refractivity contribution < 1.29 is 31.5 Å². The number of hydrogen-bond donors (Lipinski definition) is 1. The van der Waals surface area contributed by atoms with Crippen molar-refractivity contribution in [3.8, 4) is 0 Å². The number of amides is 2. The van der Waals surface area contributed by atoms with Crippen molar-refractivity contribution >= 4 is 62.0 Å². The fourth-order valence-electron chi connectivity index (χ4n) is 4.48. The van der Waals surface area contributed by atoms with Crippen molar-refractivity contribution in [2.24, 2.45) is 11.8 Å². The highest BCUT2D eigenvalue weighted by Crippen LogP contribution is 2.32. The van der Waals surface area contributed by atoms with Crippen LogP contribution in [-0.2, 0) is 32.4 Å². The third-order valence-corrected chi connectivity index (χ3v) is 8.16. The van der Waals surface area contributed by atoms with Gasteiger partial charge in [-0.3, -0.25) is 13.7 Å². The lowest BCUT2D eigenvalue weighted by Gasteiger charge is -2.22. The number of anilines is 1. The van der Waals surface area contributed by atoms with Gasteiger partial charge in [-0.2, -0.15) is 0 Å². The second kappa shape index (κ2) is 11.1. The number of benzene rings is 1. The number of fused-ring (bicyclic) bond motifs is 1. The second-order valence-electron chi connectivity index (χ2n) is 9.03. The van der Waals surface area contributed by atoms with Crippen LogP contribution in [0.5, 0.6) is 0 Å². The molecule has 15 heteroatoms. The quantitative estimate of drug-likeness (QED) is 0.486. The number of sulfone groups is 1. The smallest absolute Gasteiger partial charge is 0.410 e. The zero-order valence-electron chi connectivity index (χ0n) is 19.6. The average Bonchev–Trinajstić information content (AvgIpc) is 3.39. The van der Waals surface area contributed by atoms with Gasteiger partial charge in [-0.05, 0) is 35.9 Å². The summed E-state index contributed by atoms with van der Waals surface area (Å²) in [6.45, 7) is 1.85. The van der Waals surface area contributed by atoms with Crippen LogP contribution in [-0.4, -0.2) is 82.3 Å². The molecule has 0 spiro atoms. The van der Waals surface area contributed by atoms with E-state index in [0.29, 0.717) is 41.8 Å². The van der Waals surface area contributed by atoms with Crippen LogP contribution in [0.4, 0.5) is 10.5 Å². The minimum Gasteiger partial charge on any atom is -0.445 e. The summed E-state index contributed by atoms with van der Waals surface area (Å²) in [4.78, 5) is 32.9. The van der Waals surface area contributed by atoms with Gasteiger partial charge in [0.2, 0.25) is 0 Å². The normalized spacial score (nSPS) is 20.0. The Balaban J connectivity index is 1.31. The molecule has 4 rings (SSSR count). The molecule has 2 fully saturated rings. The molecule has 0 bridgehead atoms. The van der Waals surface area contributed by atoms with Crippen molar-refractivity contribution in [2.75, 3.05) is 42.6 Å². The molecule has 3 atom stereocenters. The first-order chi connectivity index (χ1) is 17.4. The Morgan fingerprint density at radius 3 is 2.22 bits per heavy atom. The lowest BCUT2D eigenvalue weighted by Crippen LogP contribution is -2.36. The Morgan fingerprint density at radius 1 is 1.11 bits per heavy atom. The molecule has 2 aliphatic rings. The van der Waals surface area contributed by atoms with Crippen LogP contribution in [0, 0.1) is 11.8 Å². The van der Waals surface area contributed by atoms with Gasteiger partial charge in [0.1, 0.15) is 18.2 Å². The summed E-state index contributed by atoms with van der Waals surface area (Å²) in [6, 6.07) is 7.71. The van der Waals surface area contributed by atoms with Crippen LogP contribution in [0.25, 0.3) is 0 Å². The van der Waals surface area contributed by atoms with Crippen LogP contribution < -0.4 is 4.31 Å². The van der Waals surface area contributed by atoms with Gasteiger partial charge in [0.25, 0.3) is 17.2 Å². The van der Waals surface area contributed by atoms with Gasteiger partial charge in [0.15, 0.2) is 9.84 Å². The Morgan fingerprint density at radius 2 is 1.70 bits per heavy atom. The number of carbonyl (C=O) groups is 2. The molecular formula is C22H24Cl2N4O7S2. The first-order valence-corrected chi connectivity index (χ1v) is 15.0. The Bertz CT molecular complexity index is 1290. The van der Waals surface area contributed by atoms with E-state index in [0.717, 1.165) is 10.6 Å². The maximum absolute atomic E-state index is 13.0. The monoisotopic (exact) mass is 590 g/mol. The van der Waals surface area contributed by atoms with Crippen molar-refractivity contribution in [1.82, 2.24) is 14.8 Å². The topological polar surface area (TPSA) is 137 Å². The first kappa shape index (κ1) is 27.6. The third-order valence-electron chi connectivity index (χ3n) is 6.11. The van der Waals surface area contributed by atoms with E-state index >= 15 is 0 Å². The van der Waals surface area contributed by atoms with Crippen LogP contribution in [0.1, 0.15) is 16.1 Å². The van der Waals surface area contributed by atoms with Gasteiger partial charge in [0.05, 0.1) is 11.9 Å². The molecule has 2 saturated heterocycles. The van der Waals surface area contributed by atoms with Crippen molar-refractivity contribution in [3.63, 3.8) is 0 Å². The second-order valence-corrected chi connectivity index (χ2v) is 12.9. The number of halogens is 2. The molecule has 1 unspecified atom stereocenters. The number of aromatic nitrogens is 1. The molecule has 37 heavy (non-hydrogen) atoms. The number of likely N-dealkylation sites (tertiary alicyclic amines) is 2. The molecule has 1 N–H and O–H groups in total. The van der Waals surface area contributed by atoms with Gasteiger partial charge in [-0.25, -0.2) is 22.4 Å². The number of hydrogen-bond acceptors (Lipinski definition) is 7. The third kappa shape index (κ3) is 6.90. The molecule has 0 saturated carbocycles. The Kier molecular flexibility index (Phi) is 8.29. The average molecular weight is 591 g/mol.